The van der Waals surface area contributed by atoms with E-state index in [0.29, 0.717) is 46.9 Å². The zero-order valence-corrected chi connectivity index (χ0v) is 16.9. The highest BCUT2D eigenvalue weighted by Gasteiger charge is 2.23. The average molecular weight is 439 g/mol. The number of nitro benzene ring substituents is 1. The van der Waals surface area contributed by atoms with Gasteiger partial charge < -0.3 is 9.80 Å². The van der Waals surface area contributed by atoms with Crippen molar-refractivity contribution in [2.45, 2.75) is 0 Å². The zero-order chi connectivity index (χ0) is 20.3. The third-order valence-corrected chi connectivity index (χ3v) is 5.38. The van der Waals surface area contributed by atoms with Gasteiger partial charge in [-0.1, -0.05) is 35.3 Å². The van der Waals surface area contributed by atoms with Gasteiger partial charge in [0.05, 0.1) is 26.2 Å². The fourth-order valence-corrected chi connectivity index (χ4v) is 3.70. The molecule has 1 aliphatic rings. The van der Waals surface area contributed by atoms with E-state index >= 15 is 0 Å². The number of non-ortho nitro benzene ring substituents is 1. The molecule has 3 rings (SSSR count). The summed E-state index contributed by atoms with van der Waals surface area (Å²) in [7, 11) is 0. The number of nitro groups is 1. The van der Waals surface area contributed by atoms with Crippen molar-refractivity contribution in [3.63, 3.8) is 0 Å². The third kappa shape index (κ3) is 4.52. The molecule has 28 heavy (non-hydrogen) atoms. The van der Waals surface area contributed by atoms with Gasteiger partial charge in [0.15, 0.2) is 5.11 Å². The molecule has 0 aliphatic carbocycles. The second-order valence-electron chi connectivity index (χ2n) is 6.11. The Morgan fingerprint density at radius 1 is 1.07 bits per heavy atom. The molecule has 1 N–H and O–H groups in total. The second kappa shape index (κ2) is 8.72. The number of hydrogen-bond acceptors (Lipinski definition) is 5. The van der Waals surface area contributed by atoms with Gasteiger partial charge in [0.25, 0.3) is 11.6 Å². The maximum atomic E-state index is 12.3. The number of amides is 1. The summed E-state index contributed by atoms with van der Waals surface area (Å²) < 4.78 is 0. The molecular weight excluding hydrogens is 423 g/mol. The Kier molecular flexibility index (Phi) is 6.33. The Bertz CT molecular complexity index is 933. The van der Waals surface area contributed by atoms with Gasteiger partial charge in [0.2, 0.25) is 0 Å². The summed E-state index contributed by atoms with van der Waals surface area (Å²) in [4.78, 5) is 26.6. The van der Waals surface area contributed by atoms with Crippen molar-refractivity contribution in [3.8, 4) is 0 Å². The van der Waals surface area contributed by atoms with Crippen LogP contribution in [0, 0.1) is 10.1 Å². The van der Waals surface area contributed by atoms with Crippen LogP contribution in [0.1, 0.15) is 10.4 Å². The van der Waals surface area contributed by atoms with Crippen LogP contribution >= 0.6 is 35.4 Å². The summed E-state index contributed by atoms with van der Waals surface area (Å²) in [6.45, 7) is 2.38. The standard InChI is InChI=1S/C18H16Cl2N4O3S/c19-14-4-2-1-3-13(14)17(25)21-18(28)23-9-7-22(8-10-23)16-6-5-12(24(26)27)11-15(16)20/h1-6,11H,7-10H2,(H,21,25,28). The van der Waals surface area contributed by atoms with Crippen LogP contribution in [-0.2, 0) is 0 Å². The minimum Gasteiger partial charge on any atom is -0.367 e. The Morgan fingerprint density at radius 2 is 1.75 bits per heavy atom. The molecule has 1 amide bonds. The molecule has 1 heterocycles. The predicted molar refractivity (Wildman–Crippen MR) is 113 cm³/mol. The lowest BCUT2D eigenvalue weighted by molar-refractivity contribution is -0.384. The highest BCUT2D eigenvalue weighted by Crippen LogP contribution is 2.30. The SMILES string of the molecule is O=C(NC(=S)N1CCN(c2ccc([N+](=O)[O-])cc2Cl)CC1)c1ccccc1Cl. The van der Waals surface area contributed by atoms with Crippen LogP contribution in [0.25, 0.3) is 0 Å². The number of nitrogens with one attached hydrogen (secondary N) is 1. The first kappa shape index (κ1) is 20.3. The maximum Gasteiger partial charge on any atom is 0.271 e. The van der Waals surface area contributed by atoms with Crippen LogP contribution in [0.5, 0.6) is 0 Å². The Labute approximate surface area is 177 Å². The monoisotopic (exact) mass is 438 g/mol. The normalized spacial score (nSPS) is 13.9. The van der Waals surface area contributed by atoms with Crippen molar-refractivity contribution < 1.29 is 9.72 Å². The lowest BCUT2D eigenvalue weighted by atomic mass is 10.2. The number of benzene rings is 2. The quantitative estimate of drug-likeness (QED) is 0.446. The number of hydrogen-bond donors (Lipinski definition) is 1. The van der Waals surface area contributed by atoms with Crippen LogP contribution < -0.4 is 10.2 Å². The van der Waals surface area contributed by atoms with Crippen LogP contribution in [0.3, 0.4) is 0 Å². The van der Waals surface area contributed by atoms with E-state index in [4.69, 9.17) is 35.4 Å². The number of nitrogens with zero attached hydrogens (tertiary/aromatic N) is 3. The first-order chi connectivity index (χ1) is 13.4. The largest absolute Gasteiger partial charge is 0.367 e. The van der Waals surface area contributed by atoms with Crippen molar-refractivity contribution in [3.05, 3.63) is 68.2 Å². The molecule has 0 bridgehead atoms. The Balaban J connectivity index is 1.59. The third-order valence-electron chi connectivity index (χ3n) is 4.39. The van der Waals surface area contributed by atoms with E-state index in [0.717, 1.165) is 5.69 Å². The lowest BCUT2D eigenvalue weighted by Crippen LogP contribution is -2.52. The van der Waals surface area contributed by atoms with Crippen molar-refractivity contribution in [2.75, 3.05) is 31.1 Å². The molecule has 0 saturated carbocycles. The molecule has 2 aromatic carbocycles. The Hall–Kier alpha value is -2.42. The molecule has 0 spiro atoms. The molecule has 146 valence electrons. The summed E-state index contributed by atoms with van der Waals surface area (Å²) in [5, 5.41) is 14.6. The van der Waals surface area contributed by atoms with Gasteiger partial charge in [0, 0.05) is 38.3 Å². The number of piperazine rings is 1. The van der Waals surface area contributed by atoms with Gasteiger partial charge in [-0.05, 0) is 30.4 Å². The number of rotatable bonds is 3. The van der Waals surface area contributed by atoms with E-state index in [9.17, 15) is 14.9 Å². The predicted octanol–water partition coefficient (Wildman–Crippen LogP) is 3.74. The molecule has 2 aromatic rings. The van der Waals surface area contributed by atoms with E-state index in [1.165, 1.54) is 12.1 Å². The Morgan fingerprint density at radius 3 is 2.36 bits per heavy atom. The lowest BCUT2D eigenvalue weighted by Gasteiger charge is -2.37. The number of carbonyl (C=O) groups is 1. The molecule has 1 aliphatic heterocycles. The molecule has 1 fully saturated rings. The van der Waals surface area contributed by atoms with Crippen molar-refractivity contribution in [1.82, 2.24) is 10.2 Å². The van der Waals surface area contributed by atoms with Crippen LogP contribution in [0.15, 0.2) is 42.5 Å². The van der Waals surface area contributed by atoms with Crippen molar-refractivity contribution in [1.29, 1.82) is 0 Å². The van der Waals surface area contributed by atoms with E-state index in [1.54, 1.807) is 30.3 Å². The van der Waals surface area contributed by atoms with Gasteiger partial charge in [-0.15, -0.1) is 0 Å². The first-order valence-corrected chi connectivity index (χ1v) is 9.57. The van der Waals surface area contributed by atoms with Gasteiger partial charge in [0.1, 0.15) is 0 Å². The summed E-state index contributed by atoms with van der Waals surface area (Å²) in [5.74, 6) is -0.351. The maximum absolute atomic E-state index is 12.3. The first-order valence-electron chi connectivity index (χ1n) is 8.40. The van der Waals surface area contributed by atoms with Crippen LogP contribution in [0.4, 0.5) is 11.4 Å². The molecule has 10 heteroatoms. The molecule has 0 radical (unpaired) electrons. The fourth-order valence-electron chi connectivity index (χ4n) is 2.91. The highest BCUT2D eigenvalue weighted by molar-refractivity contribution is 7.80. The molecule has 7 nitrogen and oxygen atoms in total. The van der Waals surface area contributed by atoms with E-state index in [-0.39, 0.29) is 11.6 Å². The van der Waals surface area contributed by atoms with Crippen LogP contribution in [-0.4, -0.2) is 47.0 Å². The minimum absolute atomic E-state index is 0.0455. The van der Waals surface area contributed by atoms with Gasteiger partial charge >= 0.3 is 0 Å². The van der Waals surface area contributed by atoms with E-state index in [1.807, 2.05) is 9.80 Å². The van der Waals surface area contributed by atoms with E-state index in [2.05, 4.69) is 5.32 Å². The number of carbonyl (C=O) groups excluding carboxylic acids is 1. The number of halogens is 2. The zero-order valence-electron chi connectivity index (χ0n) is 14.6. The molecule has 0 unspecified atom stereocenters. The molecular formula is C18H16Cl2N4O3S. The van der Waals surface area contributed by atoms with E-state index < -0.39 is 4.92 Å². The fraction of sp³-hybridized carbons (Fsp3) is 0.222. The van der Waals surface area contributed by atoms with Crippen LogP contribution in [0.2, 0.25) is 10.0 Å². The number of anilines is 1. The van der Waals surface area contributed by atoms with Gasteiger partial charge in [-0.2, -0.15) is 0 Å². The summed E-state index contributed by atoms with van der Waals surface area (Å²) in [6.07, 6.45) is 0. The highest BCUT2D eigenvalue weighted by atomic mass is 35.5. The van der Waals surface area contributed by atoms with Gasteiger partial charge in [-0.3, -0.25) is 20.2 Å². The average Bonchev–Trinajstić information content (AvgIpc) is 2.68. The number of thiocarbonyl (C=S) groups is 1. The molecule has 0 aromatic heterocycles. The minimum atomic E-state index is -0.478. The second-order valence-corrected chi connectivity index (χ2v) is 7.31. The summed E-state index contributed by atoms with van der Waals surface area (Å²) in [6, 6.07) is 11.2. The van der Waals surface area contributed by atoms with Crippen molar-refractivity contribution in [2.24, 2.45) is 0 Å². The van der Waals surface area contributed by atoms with Gasteiger partial charge in [-0.25, -0.2) is 0 Å². The van der Waals surface area contributed by atoms with Crippen molar-refractivity contribution >= 4 is 57.8 Å². The molecule has 1 saturated heterocycles. The summed E-state index contributed by atoms with van der Waals surface area (Å²) in [5.41, 5.74) is 1.05. The smallest absolute Gasteiger partial charge is 0.271 e. The molecule has 0 atom stereocenters. The topological polar surface area (TPSA) is 78.7 Å². The summed E-state index contributed by atoms with van der Waals surface area (Å²) >= 11 is 17.6.